The van der Waals surface area contributed by atoms with E-state index in [-0.39, 0.29) is 11.3 Å². The number of rotatable bonds is 3. The van der Waals surface area contributed by atoms with Gasteiger partial charge in [0.25, 0.3) is 0 Å². The van der Waals surface area contributed by atoms with Crippen molar-refractivity contribution in [2.24, 2.45) is 0 Å². The van der Waals surface area contributed by atoms with Crippen LogP contribution in [0, 0.1) is 11.3 Å². The molecule has 2 aromatic carbocycles. The molecule has 2 heterocycles. The Labute approximate surface area is 164 Å². The summed E-state index contributed by atoms with van der Waals surface area (Å²) in [6, 6.07) is 12.4. The van der Waals surface area contributed by atoms with Gasteiger partial charge in [-0.1, -0.05) is 12.1 Å². The van der Waals surface area contributed by atoms with E-state index >= 15 is 0 Å². The second-order valence-corrected chi connectivity index (χ2v) is 8.54. The molecule has 0 aliphatic carbocycles. The summed E-state index contributed by atoms with van der Waals surface area (Å²) >= 11 is 0. The minimum atomic E-state index is -4.81. The molecule has 0 radical (unpaired) electrons. The first-order valence-corrected chi connectivity index (χ1v) is 10.2. The molecule has 0 unspecified atom stereocenters. The number of nitrogens with one attached hydrogen (secondary N) is 1. The van der Waals surface area contributed by atoms with E-state index in [1.165, 1.54) is 16.4 Å². The van der Waals surface area contributed by atoms with Gasteiger partial charge in [-0.2, -0.15) is 5.26 Å². The van der Waals surface area contributed by atoms with Gasteiger partial charge in [0, 0.05) is 18.0 Å². The lowest BCUT2D eigenvalue weighted by Gasteiger charge is -2.17. The van der Waals surface area contributed by atoms with Crippen LogP contribution < -0.4 is 9.04 Å². The molecule has 0 spiro atoms. The summed E-state index contributed by atoms with van der Waals surface area (Å²) < 4.78 is 66.7. The lowest BCUT2D eigenvalue weighted by atomic mass is 10.1. The van der Waals surface area contributed by atoms with Crippen LogP contribution in [0.15, 0.2) is 42.5 Å². The number of anilines is 1. The highest BCUT2D eigenvalue weighted by molar-refractivity contribution is 7.93. The highest BCUT2D eigenvalue weighted by Gasteiger charge is 2.31. The molecule has 0 amide bonds. The lowest BCUT2D eigenvalue weighted by Crippen LogP contribution is -2.24. The van der Waals surface area contributed by atoms with Crippen molar-refractivity contribution in [3.05, 3.63) is 48.0 Å². The average molecular weight is 421 g/mol. The number of nitrogens with zero attached hydrogens (tertiary/aromatic N) is 2. The Balaban J connectivity index is 1.72. The minimum absolute atomic E-state index is 0.109. The SMILES string of the molecule is N#Cc1c(-c2ccc(N3CCCS3(=O)=O)cc2)[nH]c2cc(OC(F)(F)F)ccc12. The molecule has 29 heavy (non-hydrogen) atoms. The van der Waals surface area contributed by atoms with Crippen molar-refractivity contribution in [3.8, 4) is 23.1 Å². The summed E-state index contributed by atoms with van der Waals surface area (Å²) in [6.07, 6.45) is -4.25. The van der Waals surface area contributed by atoms with Crippen LogP contribution in [0.3, 0.4) is 0 Å². The van der Waals surface area contributed by atoms with Gasteiger partial charge in [0.05, 0.1) is 28.2 Å². The summed E-state index contributed by atoms with van der Waals surface area (Å²) in [7, 11) is -3.30. The Hall–Kier alpha value is -3.19. The highest BCUT2D eigenvalue weighted by Crippen LogP contribution is 2.34. The van der Waals surface area contributed by atoms with Crippen molar-refractivity contribution in [3.63, 3.8) is 0 Å². The number of sulfonamides is 1. The van der Waals surface area contributed by atoms with Gasteiger partial charge in [-0.05, 0) is 36.2 Å². The van der Waals surface area contributed by atoms with Crippen LogP contribution in [0.25, 0.3) is 22.2 Å². The number of alkyl halides is 3. The van der Waals surface area contributed by atoms with Gasteiger partial charge in [-0.25, -0.2) is 8.42 Å². The maximum absolute atomic E-state index is 12.4. The number of hydrogen-bond donors (Lipinski definition) is 1. The van der Waals surface area contributed by atoms with E-state index in [1.807, 2.05) is 0 Å². The fourth-order valence-electron chi connectivity index (χ4n) is 3.43. The number of aromatic nitrogens is 1. The zero-order chi connectivity index (χ0) is 20.8. The molecular weight excluding hydrogens is 407 g/mol. The van der Waals surface area contributed by atoms with Crippen LogP contribution >= 0.6 is 0 Å². The summed E-state index contributed by atoms with van der Waals surface area (Å²) in [5, 5.41) is 10.0. The van der Waals surface area contributed by atoms with E-state index in [9.17, 15) is 26.9 Å². The maximum Gasteiger partial charge on any atom is 0.573 e. The maximum atomic E-state index is 12.4. The van der Waals surface area contributed by atoms with Crippen molar-refractivity contribution in [2.75, 3.05) is 16.6 Å². The van der Waals surface area contributed by atoms with Crippen LogP contribution in [-0.2, 0) is 10.0 Å². The van der Waals surface area contributed by atoms with Gasteiger partial charge in [-0.15, -0.1) is 13.2 Å². The molecule has 3 aromatic rings. The number of halogens is 3. The summed E-state index contributed by atoms with van der Waals surface area (Å²) in [6.45, 7) is 0.416. The Bertz CT molecular complexity index is 1230. The monoisotopic (exact) mass is 421 g/mol. The molecule has 0 atom stereocenters. The largest absolute Gasteiger partial charge is 0.573 e. The van der Waals surface area contributed by atoms with E-state index in [1.54, 1.807) is 24.3 Å². The van der Waals surface area contributed by atoms with Gasteiger partial charge in [0.2, 0.25) is 10.0 Å². The third-order valence-corrected chi connectivity index (χ3v) is 6.53. The van der Waals surface area contributed by atoms with Gasteiger partial charge in [0.15, 0.2) is 0 Å². The van der Waals surface area contributed by atoms with Crippen molar-refractivity contribution >= 4 is 26.6 Å². The molecule has 1 N–H and O–H groups in total. The number of nitriles is 1. The van der Waals surface area contributed by atoms with E-state index < -0.39 is 22.1 Å². The summed E-state index contributed by atoms with van der Waals surface area (Å²) in [5.74, 6) is -0.283. The molecule has 1 aliphatic heterocycles. The van der Waals surface area contributed by atoms with E-state index in [0.29, 0.717) is 40.8 Å². The summed E-state index contributed by atoms with van der Waals surface area (Å²) in [5.41, 5.74) is 2.17. The van der Waals surface area contributed by atoms with Gasteiger partial charge in [-0.3, -0.25) is 4.31 Å². The van der Waals surface area contributed by atoms with Crippen molar-refractivity contribution in [1.29, 1.82) is 5.26 Å². The molecule has 1 aliphatic rings. The number of benzene rings is 2. The van der Waals surface area contributed by atoms with Gasteiger partial charge in [0.1, 0.15) is 11.8 Å². The quantitative estimate of drug-likeness (QED) is 0.689. The molecular formula is C19H14F3N3O3S. The van der Waals surface area contributed by atoms with E-state index in [0.717, 1.165) is 6.07 Å². The second kappa shape index (κ2) is 6.70. The first kappa shape index (κ1) is 19.1. The molecule has 1 saturated heterocycles. The molecule has 0 bridgehead atoms. The molecule has 1 aromatic heterocycles. The number of ether oxygens (including phenoxy) is 1. The third-order valence-electron chi connectivity index (χ3n) is 4.66. The van der Waals surface area contributed by atoms with Crippen LogP contribution in [-0.4, -0.2) is 32.1 Å². The molecule has 1 fully saturated rings. The smallest absolute Gasteiger partial charge is 0.406 e. The number of fused-ring (bicyclic) bond motifs is 1. The number of aromatic amines is 1. The zero-order valence-corrected chi connectivity index (χ0v) is 15.6. The van der Waals surface area contributed by atoms with Crippen LogP contribution in [0.2, 0.25) is 0 Å². The Morgan fingerprint density at radius 3 is 2.45 bits per heavy atom. The zero-order valence-electron chi connectivity index (χ0n) is 14.8. The molecule has 10 heteroatoms. The highest BCUT2D eigenvalue weighted by atomic mass is 32.2. The Morgan fingerprint density at radius 2 is 1.86 bits per heavy atom. The summed E-state index contributed by atoms with van der Waals surface area (Å²) in [4.78, 5) is 2.96. The predicted octanol–water partition coefficient (Wildman–Crippen LogP) is 4.15. The topological polar surface area (TPSA) is 86.2 Å². The Kier molecular flexibility index (Phi) is 4.42. The molecule has 0 saturated carbocycles. The predicted molar refractivity (Wildman–Crippen MR) is 101 cm³/mol. The normalized spacial score (nSPS) is 16.1. The molecule has 4 rings (SSSR count). The number of H-pyrrole nitrogens is 1. The van der Waals surface area contributed by atoms with Crippen molar-refractivity contribution < 1.29 is 26.3 Å². The van der Waals surface area contributed by atoms with Crippen LogP contribution in [0.1, 0.15) is 12.0 Å². The molecule has 150 valence electrons. The molecule has 6 nitrogen and oxygen atoms in total. The first-order chi connectivity index (χ1) is 13.7. The third kappa shape index (κ3) is 3.61. The first-order valence-electron chi connectivity index (χ1n) is 8.60. The van der Waals surface area contributed by atoms with Gasteiger partial charge < -0.3 is 9.72 Å². The fraction of sp³-hybridized carbons (Fsp3) is 0.211. The Morgan fingerprint density at radius 1 is 1.14 bits per heavy atom. The minimum Gasteiger partial charge on any atom is -0.406 e. The van der Waals surface area contributed by atoms with Crippen molar-refractivity contribution in [1.82, 2.24) is 4.98 Å². The van der Waals surface area contributed by atoms with Gasteiger partial charge >= 0.3 is 6.36 Å². The standard InChI is InChI=1S/C19H14F3N3O3S/c20-19(21,22)28-14-6-7-15-16(11-23)18(24-17(15)10-14)12-2-4-13(5-3-12)25-8-1-9-29(25,26)27/h2-7,10,24H,1,8-9H2. The van der Waals surface area contributed by atoms with Crippen LogP contribution in [0.4, 0.5) is 18.9 Å². The fourth-order valence-corrected chi connectivity index (χ4v) is 4.99. The van der Waals surface area contributed by atoms with Crippen LogP contribution in [0.5, 0.6) is 5.75 Å². The average Bonchev–Trinajstić information content (AvgIpc) is 3.19. The number of hydrogen-bond acceptors (Lipinski definition) is 4. The van der Waals surface area contributed by atoms with E-state index in [2.05, 4.69) is 15.8 Å². The van der Waals surface area contributed by atoms with E-state index in [4.69, 9.17) is 0 Å². The second-order valence-electron chi connectivity index (χ2n) is 6.53. The lowest BCUT2D eigenvalue weighted by molar-refractivity contribution is -0.274. The van der Waals surface area contributed by atoms with Crippen molar-refractivity contribution in [2.45, 2.75) is 12.8 Å².